The minimum atomic E-state index is 0.489. The summed E-state index contributed by atoms with van der Waals surface area (Å²) in [7, 11) is 0. The van der Waals surface area contributed by atoms with Crippen molar-refractivity contribution in [2.24, 2.45) is 0 Å². The van der Waals surface area contributed by atoms with Crippen LogP contribution < -0.4 is 10.3 Å². The van der Waals surface area contributed by atoms with Crippen LogP contribution in [0.1, 0.15) is 13.8 Å². The van der Waals surface area contributed by atoms with Gasteiger partial charge in [0.1, 0.15) is 0 Å². The Bertz CT molecular complexity index is 1080. The zero-order valence-electron chi connectivity index (χ0n) is 15.1. The van der Waals surface area contributed by atoms with Crippen LogP contribution in [0, 0.1) is 5.41 Å². The fourth-order valence-corrected chi connectivity index (χ4v) is 3.48. The summed E-state index contributed by atoms with van der Waals surface area (Å²) >= 11 is 0. The van der Waals surface area contributed by atoms with Gasteiger partial charge in [0.05, 0.1) is 27.8 Å². The fraction of sp³-hybridized carbons (Fsp3) is 0.182. The Morgan fingerprint density at radius 1 is 0.923 bits per heavy atom. The summed E-state index contributed by atoms with van der Waals surface area (Å²) in [6.07, 6.45) is 0. The number of nitrogens with zero attached hydrogens (tertiary/aromatic N) is 3. The van der Waals surface area contributed by atoms with Crippen LogP contribution >= 0.6 is 0 Å². The standard InChI is InChI=1S/C22H22N4/c1-3-25(4-2)18-11-13-20-22(15-18)26(17-8-6-5-7-9-17)21-14-16(23)10-12-19(21)24-20/h5-15,23H,3-4H2,1-2H3. The molecule has 4 heteroatoms. The van der Waals surface area contributed by atoms with E-state index in [-0.39, 0.29) is 0 Å². The summed E-state index contributed by atoms with van der Waals surface area (Å²) in [6, 6.07) is 22.3. The Balaban J connectivity index is 2.11. The van der Waals surface area contributed by atoms with Gasteiger partial charge in [0.15, 0.2) is 0 Å². The highest BCUT2D eigenvalue weighted by molar-refractivity contribution is 5.85. The van der Waals surface area contributed by atoms with E-state index < -0.39 is 0 Å². The van der Waals surface area contributed by atoms with Crippen LogP contribution in [0.2, 0.25) is 0 Å². The van der Waals surface area contributed by atoms with Gasteiger partial charge in [0.25, 0.3) is 0 Å². The topological polar surface area (TPSA) is 44.9 Å². The first-order valence-electron chi connectivity index (χ1n) is 9.03. The summed E-state index contributed by atoms with van der Waals surface area (Å²) in [5, 5.41) is 8.55. The van der Waals surface area contributed by atoms with E-state index in [2.05, 4.69) is 53.6 Å². The van der Waals surface area contributed by atoms with Crippen LogP contribution in [-0.4, -0.2) is 22.6 Å². The van der Waals surface area contributed by atoms with Crippen molar-refractivity contribution >= 4 is 16.7 Å². The molecule has 0 radical (unpaired) electrons. The number of anilines is 1. The van der Waals surface area contributed by atoms with E-state index in [1.807, 2.05) is 30.3 Å². The molecule has 1 aliphatic carbocycles. The van der Waals surface area contributed by atoms with Gasteiger partial charge in [0, 0.05) is 24.5 Å². The lowest BCUT2D eigenvalue weighted by Crippen LogP contribution is -2.21. The molecule has 1 N–H and O–H groups in total. The van der Waals surface area contributed by atoms with Gasteiger partial charge < -0.3 is 14.9 Å². The van der Waals surface area contributed by atoms with E-state index in [0.717, 1.165) is 41.2 Å². The zero-order valence-corrected chi connectivity index (χ0v) is 15.1. The molecule has 26 heavy (non-hydrogen) atoms. The lowest BCUT2D eigenvalue weighted by Gasteiger charge is -2.23. The maximum atomic E-state index is 8.07. The van der Waals surface area contributed by atoms with Crippen molar-refractivity contribution in [1.29, 1.82) is 5.41 Å². The summed E-state index contributed by atoms with van der Waals surface area (Å²) < 4.78 is 2.21. The predicted octanol–water partition coefficient (Wildman–Crippen LogP) is 4.46. The number of hydrogen-bond donors (Lipinski definition) is 1. The number of rotatable bonds is 4. The predicted molar refractivity (Wildman–Crippen MR) is 107 cm³/mol. The Morgan fingerprint density at radius 3 is 2.42 bits per heavy atom. The highest BCUT2D eigenvalue weighted by Gasteiger charge is 2.15. The molecule has 0 spiro atoms. The van der Waals surface area contributed by atoms with Gasteiger partial charge >= 0.3 is 0 Å². The Hall–Kier alpha value is -3.14. The van der Waals surface area contributed by atoms with Crippen LogP contribution in [0.5, 0.6) is 0 Å². The number of benzene rings is 3. The average molecular weight is 342 g/mol. The van der Waals surface area contributed by atoms with Crippen LogP contribution in [-0.2, 0) is 0 Å². The molecule has 0 amide bonds. The Labute approximate surface area is 153 Å². The quantitative estimate of drug-likeness (QED) is 0.557. The van der Waals surface area contributed by atoms with Gasteiger partial charge in [-0.2, -0.15) is 0 Å². The fourth-order valence-electron chi connectivity index (χ4n) is 3.48. The van der Waals surface area contributed by atoms with Crippen LogP contribution in [0.15, 0.2) is 66.7 Å². The maximum absolute atomic E-state index is 8.07. The van der Waals surface area contributed by atoms with E-state index >= 15 is 0 Å². The van der Waals surface area contributed by atoms with E-state index in [1.165, 1.54) is 5.69 Å². The molecule has 1 heterocycles. The van der Waals surface area contributed by atoms with Gasteiger partial charge in [-0.25, -0.2) is 4.98 Å². The summed E-state index contributed by atoms with van der Waals surface area (Å²) in [5.41, 5.74) is 6.12. The summed E-state index contributed by atoms with van der Waals surface area (Å²) in [4.78, 5) is 7.17. The Morgan fingerprint density at radius 2 is 1.69 bits per heavy atom. The molecular weight excluding hydrogens is 320 g/mol. The lowest BCUT2D eigenvalue weighted by atomic mass is 10.1. The van der Waals surface area contributed by atoms with Crippen molar-refractivity contribution in [3.63, 3.8) is 0 Å². The minimum Gasteiger partial charge on any atom is -0.372 e. The molecule has 0 saturated carbocycles. The largest absolute Gasteiger partial charge is 0.372 e. The van der Waals surface area contributed by atoms with Crippen molar-refractivity contribution in [2.75, 3.05) is 18.0 Å². The molecule has 0 saturated heterocycles. The van der Waals surface area contributed by atoms with E-state index in [4.69, 9.17) is 10.4 Å². The first kappa shape index (κ1) is 16.3. The first-order chi connectivity index (χ1) is 12.7. The molecule has 0 unspecified atom stereocenters. The van der Waals surface area contributed by atoms with Gasteiger partial charge in [-0.05, 0) is 62.4 Å². The van der Waals surface area contributed by atoms with Crippen molar-refractivity contribution in [2.45, 2.75) is 13.8 Å². The molecule has 130 valence electrons. The van der Waals surface area contributed by atoms with Gasteiger partial charge in [-0.1, -0.05) is 18.2 Å². The third-order valence-corrected chi connectivity index (χ3v) is 4.80. The Kier molecular flexibility index (Phi) is 4.17. The summed E-state index contributed by atoms with van der Waals surface area (Å²) in [6.45, 7) is 6.27. The molecule has 4 nitrogen and oxygen atoms in total. The third-order valence-electron chi connectivity index (χ3n) is 4.80. The molecule has 1 aliphatic heterocycles. The zero-order chi connectivity index (χ0) is 18.1. The van der Waals surface area contributed by atoms with Gasteiger partial charge in [-0.3, -0.25) is 0 Å². The molecule has 2 aromatic rings. The molecule has 2 aliphatic rings. The molecule has 4 rings (SSSR count). The third kappa shape index (κ3) is 2.73. The van der Waals surface area contributed by atoms with Gasteiger partial charge in [-0.15, -0.1) is 0 Å². The molecule has 0 aromatic heterocycles. The van der Waals surface area contributed by atoms with Crippen LogP contribution in [0.3, 0.4) is 0 Å². The second-order valence-electron chi connectivity index (χ2n) is 6.33. The first-order valence-corrected chi connectivity index (χ1v) is 9.03. The van der Waals surface area contributed by atoms with Gasteiger partial charge in [0.2, 0.25) is 0 Å². The van der Waals surface area contributed by atoms with Crippen molar-refractivity contribution in [3.8, 4) is 17.1 Å². The minimum absolute atomic E-state index is 0.489. The van der Waals surface area contributed by atoms with Crippen LogP contribution in [0.4, 0.5) is 5.69 Å². The number of aromatic nitrogens is 2. The SMILES string of the molecule is CCN(CC)c1ccc2nc3ccc(=N)cc-3n(-c3ccccc3)c2c1. The van der Waals surface area contributed by atoms with Crippen molar-refractivity contribution in [1.82, 2.24) is 9.55 Å². The number of nitrogens with one attached hydrogen (secondary N) is 1. The molecule has 0 atom stereocenters. The van der Waals surface area contributed by atoms with Crippen molar-refractivity contribution < 1.29 is 0 Å². The highest BCUT2D eigenvalue weighted by atomic mass is 15.1. The van der Waals surface area contributed by atoms with E-state index in [1.54, 1.807) is 6.07 Å². The van der Waals surface area contributed by atoms with Crippen LogP contribution in [0.25, 0.3) is 28.1 Å². The highest BCUT2D eigenvalue weighted by Crippen LogP contribution is 2.30. The smallest absolute Gasteiger partial charge is 0.0879 e. The number of para-hydroxylation sites is 1. The average Bonchev–Trinajstić information content (AvgIpc) is 2.68. The number of fused-ring (bicyclic) bond motifs is 2. The van der Waals surface area contributed by atoms with E-state index in [0.29, 0.717) is 5.36 Å². The second kappa shape index (κ2) is 6.64. The molecule has 2 aromatic carbocycles. The molecule has 0 fully saturated rings. The molecular formula is C22H22N4. The van der Waals surface area contributed by atoms with E-state index in [9.17, 15) is 0 Å². The number of hydrogen-bond acceptors (Lipinski definition) is 3. The maximum Gasteiger partial charge on any atom is 0.0879 e. The monoisotopic (exact) mass is 342 g/mol. The second-order valence-corrected chi connectivity index (χ2v) is 6.33. The summed E-state index contributed by atoms with van der Waals surface area (Å²) in [5.74, 6) is 0. The lowest BCUT2D eigenvalue weighted by molar-refractivity contribution is 0.866. The molecule has 0 bridgehead atoms. The van der Waals surface area contributed by atoms with Crippen molar-refractivity contribution in [3.05, 3.63) is 72.1 Å². The normalized spacial score (nSPS) is 11.2.